The molecule has 1 aliphatic heterocycles. The van der Waals surface area contributed by atoms with Crippen molar-refractivity contribution >= 4 is 0 Å². The van der Waals surface area contributed by atoms with Crippen molar-refractivity contribution < 1.29 is 14.0 Å². The van der Waals surface area contributed by atoms with Crippen molar-refractivity contribution in [2.24, 2.45) is 0 Å². The van der Waals surface area contributed by atoms with Crippen molar-refractivity contribution in [3.05, 3.63) is 41.5 Å². The second-order valence-corrected chi connectivity index (χ2v) is 8.23. The number of hydrogen-bond acceptors (Lipinski definition) is 6. The first-order valence-electron chi connectivity index (χ1n) is 10.6. The van der Waals surface area contributed by atoms with E-state index in [4.69, 9.17) is 14.0 Å². The van der Waals surface area contributed by atoms with Gasteiger partial charge in [-0.05, 0) is 57.2 Å². The molecule has 1 saturated carbocycles. The maximum absolute atomic E-state index is 6.06. The minimum Gasteiger partial charge on any atom is -0.491 e. The van der Waals surface area contributed by atoms with E-state index >= 15 is 0 Å². The molecule has 0 radical (unpaired) electrons. The second-order valence-electron chi connectivity index (χ2n) is 8.23. The van der Waals surface area contributed by atoms with Crippen LogP contribution >= 0.6 is 0 Å². The highest BCUT2D eigenvalue weighted by molar-refractivity contribution is 5.27. The van der Waals surface area contributed by atoms with E-state index in [2.05, 4.69) is 39.3 Å². The van der Waals surface area contributed by atoms with Gasteiger partial charge in [0.25, 0.3) is 0 Å². The summed E-state index contributed by atoms with van der Waals surface area (Å²) in [6.07, 6.45) is 5.82. The summed E-state index contributed by atoms with van der Waals surface area (Å²) >= 11 is 0. The van der Waals surface area contributed by atoms with Gasteiger partial charge in [0.2, 0.25) is 5.89 Å². The fourth-order valence-corrected chi connectivity index (χ4v) is 3.62. The van der Waals surface area contributed by atoms with Crippen molar-refractivity contribution in [2.45, 2.75) is 70.6 Å². The topological polar surface area (TPSA) is 60.6 Å². The number of piperidine rings is 1. The van der Waals surface area contributed by atoms with E-state index in [0.717, 1.165) is 56.4 Å². The SMILES string of the molecule is CC(C)Oc1ccc(CN2CCC(OCCc3noc(C4CC4)n3)CC2)cc1. The van der Waals surface area contributed by atoms with Crippen molar-refractivity contribution in [3.8, 4) is 5.75 Å². The summed E-state index contributed by atoms with van der Waals surface area (Å²) in [6, 6.07) is 8.47. The van der Waals surface area contributed by atoms with Gasteiger partial charge in [0.1, 0.15) is 5.75 Å². The molecular formula is C22H31N3O3. The predicted octanol–water partition coefficient (Wildman–Crippen LogP) is 3.96. The predicted molar refractivity (Wildman–Crippen MR) is 106 cm³/mol. The molecular weight excluding hydrogens is 354 g/mol. The number of ether oxygens (including phenoxy) is 2. The molecule has 0 atom stereocenters. The van der Waals surface area contributed by atoms with Gasteiger partial charge in [0.05, 0.1) is 18.8 Å². The van der Waals surface area contributed by atoms with Crippen molar-refractivity contribution in [1.29, 1.82) is 0 Å². The zero-order valence-corrected chi connectivity index (χ0v) is 17.0. The fourth-order valence-electron chi connectivity index (χ4n) is 3.62. The summed E-state index contributed by atoms with van der Waals surface area (Å²) in [7, 11) is 0. The Morgan fingerprint density at radius 1 is 1.11 bits per heavy atom. The highest BCUT2D eigenvalue weighted by Gasteiger charge is 2.29. The third kappa shape index (κ3) is 5.55. The molecule has 6 nitrogen and oxygen atoms in total. The van der Waals surface area contributed by atoms with Gasteiger partial charge in [-0.2, -0.15) is 4.98 Å². The van der Waals surface area contributed by atoms with E-state index < -0.39 is 0 Å². The van der Waals surface area contributed by atoms with Crippen LogP contribution in [-0.2, 0) is 17.7 Å². The number of likely N-dealkylation sites (tertiary alicyclic amines) is 1. The van der Waals surface area contributed by atoms with E-state index in [1.165, 1.54) is 18.4 Å². The van der Waals surface area contributed by atoms with E-state index in [0.29, 0.717) is 18.6 Å². The molecule has 2 aromatic rings. The first-order valence-corrected chi connectivity index (χ1v) is 10.6. The van der Waals surface area contributed by atoms with Gasteiger partial charge in [-0.1, -0.05) is 17.3 Å². The average molecular weight is 386 g/mol. The van der Waals surface area contributed by atoms with Crippen LogP contribution in [0.1, 0.15) is 62.7 Å². The van der Waals surface area contributed by atoms with Gasteiger partial charge in [-0.25, -0.2) is 0 Å². The largest absolute Gasteiger partial charge is 0.491 e. The summed E-state index contributed by atoms with van der Waals surface area (Å²) < 4.78 is 17.1. The molecule has 1 aromatic carbocycles. The summed E-state index contributed by atoms with van der Waals surface area (Å²) in [4.78, 5) is 6.96. The third-order valence-corrected chi connectivity index (χ3v) is 5.33. The highest BCUT2D eigenvalue weighted by Crippen LogP contribution is 2.38. The Balaban J connectivity index is 1.14. The first-order chi connectivity index (χ1) is 13.7. The Labute approximate surface area is 167 Å². The number of rotatable bonds is 9. The number of hydrogen-bond donors (Lipinski definition) is 0. The van der Waals surface area contributed by atoms with Gasteiger partial charge in [-0.3, -0.25) is 4.90 Å². The van der Waals surface area contributed by atoms with Crippen LogP contribution < -0.4 is 4.74 Å². The molecule has 2 aliphatic rings. The minimum absolute atomic E-state index is 0.213. The van der Waals surface area contributed by atoms with E-state index in [1.54, 1.807) is 0 Å². The molecule has 4 rings (SSSR count). The van der Waals surface area contributed by atoms with E-state index in [9.17, 15) is 0 Å². The Bertz CT molecular complexity index is 732. The quantitative estimate of drug-likeness (QED) is 0.651. The number of benzene rings is 1. The summed E-state index contributed by atoms with van der Waals surface area (Å²) in [5, 5.41) is 4.06. The minimum atomic E-state index is 0.213. The lowest BCUT2D eigenvalue weighted by atomic mass is 10.1. The standard InChI is InChI=1S/C22H31N3O3/c1-16(2)27-20-7-3-17(4-8-20)15-25-12-9-19(10-13-25)26-14-11-21-23-22(28-24-21)18-5-6-18/h3-4,7-8,16,18-19H,5-6,9-15H2,1-2H3. The Morgan fingerprint density at radius 2 is 1.86 bits per heavy atom. The van der Waals surface area contributed by atoms with Crippen LogP contribution in [0.5, 0.6) is 5.75 Å². The molecule has 2 heterocycles. The van der Waals surface area contributed by atoms with Crippen LogP contribution in [0.25, 0.3) is 0 Å². The molecule has 1 aliphatic carbocycles. The summed E-state index contributed by atoms with van der Waals surface area (Å²) in [6.45, 7) is 7.90. The molecule has 0 bridgehead atoms. The van der Waals surface area contributed by atoms with E-state index in [-0.39, 0.29) is 6.10 Å². The molecule has 0 N–H and O–H groups in total. The highest BCUT2D eigenvalue weighted by atomic mass is 16.5. The Morgan fingerprint density at radius 3 is 2.54 bits per heavy atom. The molecule has 0 spiro atoms. The Hall–Kier alpha value is -1.92. The zero-order valence-electron chi connectivity index (χ0n) is 17.0. The summed E-state index contributed by atoms with van der Waals surface area (Å²) in [5.41, 5.74) is 1.33. The second kappa shape index (κ2) is 9.05. The molecule has 0 amide bonds. The molecule has 2 fully saturated rings. The van der Waals surface area contributed by atoms with Crippen LogP contribution in [0.15, 0.2) is 28.8 Å². The van der Waals surface area contributed by atoms with Crippen molar-refractivity contribution in [1.82, 2.24) is 15.0 Å². The smallest absolute Gasteiger partial charge is 0.229 e. The molecule has 28 heavy (non-hydrogen) atoms. The lowest BCUT2D eigenvalue weighted by Crippen LogP contribution is -2.36. The van der Waals surface area contributed by atoms with Gasteiger partial charge in [-0.15, -0.1) is 0 Å². The van der Waals surface area contributed by atoms with E-state index in [1.807, 2.05) is 13.8 Å². The van der Waals surface area contributed by atoms with Gasteiger partial charge in [0.15, 0.2) is 5.82 Å². The van der Waals surface area contributed by atoms with Crippen LogP contribution in [0.3, 0.4) is 0 Å². The number of nitrogens with zero attached hydrogens (tertiary/aromatic N) is 3. The molecule has 0 unspecified atom stereocenters. The van der Waals surface area contributed by atoms with Crippen LogP contribution in [0.4, 0.5) is 0 Å². The normalized spacial score (nSPS) is 18.7. The molecule has 152 valence electrons. The third-order valence-electron chi connectivity index (χ3n) is 5.33. The van der Waals surface area contributed by atoms with Gasteiger partial charge >= 0.3 is 0 Å². The lowest BCUT2D eigenvalue weighted by Gasteiger charge is -2.31. The maximum Gasteiger partial charge on any atom is 0.229 e. The zero-order chi connectivity index (χ0) is 19.3. The number of aromatic nitrogens is 2. The van der Waals surface area contributed by atoms with Crippen LogP contribution in [0.2, 0.25) is 0 Å². The van der Waals surface area contributed by atoms with Crippen molar-refractivity contribution in [3.63, 3.8) is 0 Å². The van der Waals surface area contributed by atoms with Crippen molar-refractivity contribution in [2.75, 3.05) is 19.7 Å². The van der Waals surface area contributed by atoms with Gasteiger partial charge < -0.3 is 14.0 Å². The lowest BCUT2D eigenvalue weighted by molar-refractivity contribution is 0.00676. The summed E-state index contributed by atoms with van der Waals surface area (Å²) in [5.74, 6) is 3.05. The average Bonchev–Trinajstić information content (AvgIpc) is 3.43. The molecule has 1 aromatic heterocycles. The van der Waals surface area contributed by atoms with Crippen LogP contribution in [0, 0.1) is 0 Å². The monoisotopic (exact) mass is 385 g/mol. The Kier molecular flexibility index (Phi) is 6.27. The first kappa shape index (κ1) is 19.4. The van der Waals surface area contributed by atoms with Crippen LogP contribution in [-0.4, -0.2) is 46.9 Å². The molecule has 6 heteroatoms. The van der Waals surface area contributed by atoms with Gasteiger partial charge in [0, 0.05) is 32.0 Å². The maximum atomic E-state index is 6.06. The molecule has 1 saturated heterocycles. The fraction of sp³-hybridized carbons (Fsp3) is 0.636.